The normalized spacial score (nSPS) is 12.0. The van der Waals surface area contributed by atoms with Crippen molar-refractivity contribution in [2.24, 2.45) is 5.73 Å². The first kappa shape index (κ1) is 26.0. The van der Waals surface area contributed by atoms with Crippen LogP contribution in [0.2, 0.25) is 0 Å². The van der Waals surface area contributed by atoms with E-state index in [0.717, 1.165) is 18.2 Å². The van der Waals surface area contributed by atoms with Gasteiger partial charge >= 0.3 is 12.3 Å². The van der Waals surface area contributed by atoms with Crippen molar-refractivity contribution < 1.29 is 46.5 Å². The molecule has 0 spiro atoms. The molecule has 0 saturated heterocycles. The van der Waals surface area contributed by atoms with Crippen LogP contribution in [0.4, 0.5) is 18.9 Å². The number of carbonyl (C=O) groups is 3. The van der Waals surface area contributed by atoms with E-state index in [9.17, 15) is 27.6 Å². The quantitative estimate of drug-likeness (QED) is 0.394. The summed E-state index contributed by atoms with van der Waals surface area (Å²) in [5.41, 5.74) is 5.76. The molecule has 2 rings (SSSR count). The molecule has 0 saturated carbocycles. The maximum absolute atomic E-state index is 12.2. The maximum Gasteiger partial charge on any atom is 0.573 e. The highest BCUT2D eigenvalue weighted by Crippen LogP contribution is 2.28. The minimum Gasteiger partial charge on any atom is -0.493 e. The Morgan fingerprint density at radius 2 is 1.76 bits per heavy atom. The van der Waals surface area contributed by atoms with Crippen LogP contribution >= 0.6 is 0 Å². The SMILES string of the molecule is COc1cc(/C=C/C(=O)OC(C)C(=O)Nc2ccc(OC(F)(F)F)cc2)ccc1OCC(N)=O. The van der Waals surface area contributed by atoms with Crippen molar-refractivity contribution in [1.82, 2.24) is 0 Å². The molecule has 0 aliphatic heterocycles. The second-order valence-corrected chi connectivity index (χ2v) is 6.64. The van der Waals surface area contributed by atoms with E-state index in [1.807, 2.05) is 0 Å². The molecule has 0 heterocycles. The Kier molecular flexibility index (Phi) is 8.87. The van der Waals surface area contributed by atoms with Gasteiger partial charge in [0.2, 0.25) is 0 Å². The first-order chi connectivity index (χ1) is 16.0. The van der Waals surface area contributed by atoms with Crippen LogP contribution in [0.1, 0.15) is 12.5 Å². The molecule has 0 radical (unpaired) electrons. The molecule has 2 aromatic rings. The lowest BCUT2D eigenvalue weighted by atomic mass is 10.2. The Bertz CT molecular complexity index is 1050. The molecule has 0 aromatic heterocycles. The number of esters is 1. The number of hydrogen-bond donors (Lipinski definition) is 2. The van der Waals surface area contributed by atoms with Crippen molar-refractivity contribution in [3.8, 4) is 17.2 Å². The third-order valence-corrected chi connectivity index (χ3v) is 3.99. The Hall–Kier alpha value is -4.22. The molecule has 0 aliphatic carbocycles. The summed E-state index contributed by atoms with van der Waals surface area (Å²) < 4.78 is 55.7. The van der Waals surface area contributed by atoms with Crippen LogP contribution in [0.15, 0.2) is 48.5 Å². The van der Waals surface area contributed by atoms with Gasteiger partial charge in [0.25, 0.3) is 11.8 Å². The van der Waals surface area contributed by atoms with Gasteiger partial charge in [0.05, 0.1) is 7.11 Å². The van der Waals surface area contributed by atoms with Gasteiger partial charge in [-0.3, -0.25) is 9.59 Å². The third-order valence-electron chi connectivity index (χ3n) is 3.99. The Morgan fingerprint density at radius 1 is 1.09 bits per heavy atom. The van der Waals surface area contributed by atoms with E-state index in [-0.39, 0.29) is 18.0 Å². The zero-order valence-electron chi connectivity index (χ0n) is 18.0. The topological polar surface area (TPSA) is 126 Å². The van der Waals surface area contributed by atoms with Gasteiger partial charge in [-0.05, 0) is 55.0 Å². The van der Waals surface area contributed by atoms with Crippen LogP contribution in [-0.4, -0.2) is 44.0 Å². The third kappa shape index (κ3) is 8.73. The summed E-state index contributed by atoms with van der Waals surface area (Å²) in [5, 5.41) is 2.41. The van der Waals surface area contributed by atoms with Crippen molar-refractivity contribution in [1.29, 1.82) is 0 Å². The van der Waals surface area contributed by atoms with Crippen LogP contribution < -0.4 is 25.3 Å². The lowest BCUT2D eigenvalue weighted by Crippen LogP contribution is -2.29. The van der Waals surface area contributed by atoms with Gasteiger partial charge in [0.1, 0.15) is 5.75 Å². The number of rotatable bonds is 10. The van der Waals surface area contributed by atoms with E-state index in [4.69, 9.17) is 19.9 Å². The number of primary amides is 1. The fourth-order valence-electron chi connectivity index (χ4n) is 2.47. The molecule has 1 atom stereocenters. The maximum atomic E-state index is 12.2. The minimum atomic E-state index is -4.83. The molecular weight excluding hydrogens is 461 g/mol. The highest BCUT2D eigenvalue weighted by atomic mass is 19.4. The molecule has 0 aliphatic rings. The van der Waals surface area contributed by atoms with Crippen LogP contribution in [0.5, 0.6) is 17.2 Å². The van der Waals surface area contributed by atoms with Gasteiger partial charge in [-0.15, -0.1) is 13.2 Å². The van der Waals surface area contributed by atoms with Gasteiger partial charge in [-0.2, -0.15) is 0 Å². The van der Waals surface area contributed by atoms with E-state index in [2.05, 4.69) is 10.1 Å². The van der Waals surface area contributed by atoms with Gasteiger partial charge in [0, 0.05) is 11.8 Å². The predicted octanol–water partition coefficient (Wildman–Crippen LogP) is 3.04. The molecule has 0 bridgehead atoms. The van der Waals surface area contributed by atoms with E-state index in [1.165, 1.54) is 38.3 Å². The van der Waals surface area contributed by atoms with Crippen molar-refractivity contribution in [2.75, 3.05) is 19.0 Å². The predicted molar refractivity (Wildman–Crippen MR) is 114 cm³/mol. The number of benzene rings is 2. The number of carbonyl (C=O) groups excluding carboxylic acids is 3. The number of alkyl halides is 3. The summed E-state index contributed by atoms with van der Waals surface area (Å²) in [7, 11) is 1.39. The zero-order chi connectivity index (χ0) is 25.3. The van der Waals surface area contributed by atoms with E-state index >= 15 is 0 Å². The smallest absolute Gasteiger partial charge is 0.493 e. The first-order valence-electron chi connectivity index (χ1n) is 9.61. The second kappa shape index (κ2) is 11.6. The summed E-state index contributed by atoms with van der Waals surface area (Å²) in [5.74, 6) is -2.02. The van der Waals surface area contributed by atoms with Crippen molar-refractivity contribution >= 4 is 29.5 Å². The summed E-state index contributed by atoms with van der Waals surface area (Å²) in [6, 6.07) is 9.12. The van der Waals surface area contributed by atoms with E-state index < -0.39 is 36.0 Å². The fraction of sp³-hybridized carbons (Fsp3) is 0.227. The molecule has 12 heteroatoms. The number of methoxy groups -OCH3 is 1. The Morgan fingerprint density at radius 3 is 2.35 bits per heavy atom. The largest absolute Gasteiger partial charge is 0.573 e. The number of halogens is 3. The van der Waals surface area contributed by atoms with Crippen LogP contribution in [-0.2, 0) is 19.1 Å². The molecule has 9 nitrogen and oxygen atoms in total. The highest BCUT2D eigenvalue weighted by molar-refractivity contribution is 5.96. The fourth-order valence-corrected chi connectivity index (χ4v) is 2.47. The van der Waals surface area contributed by atoms with Crippen molar-refractivity contribution in [2.45, 2.75) is 19.4 Å². The average Bonchev–Trinajstić information content (AvgIpc) is 2.76. The van der Waals surface area contributed by atoms with Crippen LogP contribution in [0.3, 0.4) is 0 Å². The zero-order valence-corrected chi connectivity index (χ0v) is 18.0. The Labute approximate surface area is 192 Å². The molecule has 2 aromatic carbocycles. The van der Waals surface area contributed by atoms with Gasteiger partial charge in [-0.25, -0.2) is 4.79 Å². The van der Waals surface area contributed by atoms with Crippen LogP contribution in [0.25, 0.3) is 6.08 Å². The second-order valence-electron chi connectivity index (χ2n) is 6.64. The minimum absolute atomic E-state index is 0.184. The summed E-state index contributed by atoms with van der Waals surface area (Å²) in [6.07, 6.45) is -3.52. The van der Waals surface area contributed by atoms with Gasteiger partial charge in [-0.1, -0.05) is 6.07 Å². The molecular formula is C22H21F3N2O7. The number of amides is 2. The number of nitrogens with two attached hydrogens (primary N) is 1. The van der Waals surface area contributed by atoms with Gasteiger partial charge in [0.15, 0.2) is 24.2 Å². The monoisotopic (exact) mass is 482 g/mol. The van der Waals surface area contributed by atoms with Crippen molar-refractivity contribution in [3.63, 3.8) is 0 Å². The number of hydrogen-bond acceptors (Lipinski definition) is 7. The first-order valence-corrected chi connectivity index (χ1v) is 9.61. The molecule has 0 fully saturated rings. The number of ether oxygens (including phenoxy) is 4. The lowest BCUT2D eigenvalue weighted by molar-refractivity contribution is -0.274. The molecule has 1 unspecified atom stereocenters. The molecule has 182 valence electrons. The summed E-state index contributed by atoms with van der Waals surface area (Å²) in [6.45, 7) is 0.999. The Balaban J connectivity index is 1.91. The van der Waals surface area contributed by atoms with E-state index in [1.54, 1.807) is 12.1 Å². The van der Waals surface area contributed by atoms with Gasteiger partial charge < -0.3 is 30.0 Å². The molecule has 2 amide bonds. The van der Waals surface area contributed by atoms with E-state index in [0.29, 0.717) is 11.3 Å². The van der Waals surface area contributed by atoms with Crippen molar-refractivity contribution in [3.05, 3.63) is 54.1 Å². The summed E-state index contributed by atoms with van der Waals surface area (Å²) >= 11 is 0. The standard InChI is InChI=1S/C22H21F3N2O7/c1-13(21(30)27-15-5-7-16(8-6-15)34-22(23,24)25)33-20(29)10-4-14-3-9-17(18(11-14)31-2)32-12-19(26)28/h3-11,13H,12H2,1-2H3,(H2,26,28)(H,27,30)/b10-4+. The molecule has 34 heavy (non-hydrogen) atoms. The van der Waals surface area contributed by atoms with Crippen LogP contribution in [0, 0.1) is 0 Å². The number of anilines is 1. The lowest BCUT2D eigenvalue weighted by Gasteiger charge is -2.13. The highest BCUT2D eigenvalue weighted by Gasteiger charge is 2.31. The number of nitrogens with one attached hydrogen (secondary N) is 1. The molecule has 3 N–H and O–H groups in total. The average molecular weight is 482 g/mol. The summed E-state index contributed by atoms with van der Waals surface area (Å²) in [4.78, 5) is 35.1.